The second-order valence-corrected chi connectivity index (χ2v) is 11.9. The molecule has 2 aromatic heterocycles. The van der Waals surface area contributed by atoms with Crippen molar-refractivity contribution in [2.45, 2.75) is 18.9 Å². The molecule has 1 fully saturated rings. The Hall–Kier alpha value is -2.24. The van der Waals surface area contributed by atoms with Crippen LogP contribution in [0.3, 0.4) is 0 Å². The molecule has 0 aliphatic carbocycles. The van der Waals surface area contributed by atoms with E-state index in [9.17, 15) is 13.2 Å². The van der Waals surface area contributed by atoms with Gasteiger partial charge in [0, 0.05) is 71.9 Å². The first-order valence-electron chi connectivity index (χ1n) is 11.1. The highest BCUT2D eigenvalue weighted by Gasteiger charge is 2.35. The maximum absolute atomic E-state index is 13.1. The van der Waals surface area contributed by atoms with Crippen molar-refractivity contribution in [2.24, 2.45) is 0 Å². The van der Waals surface area contributed by atoms with Crippen LogP contribution in [0.25, 0.3) is 21.3 Å². The number of aromatic nitrogens is 1. The molecule has 0 radical (unpaired) electrons. The molecule has 180 valence electrons. The second-order valence-electron chi connectivity index (χ2n) is 8.53. The SMILES string of the molecule is CS(=O)(=O)NCCc1cc2nccc(-c3cc(Cl)cc4c3OC(C(=O)N3CCNCC3)C4)c2s1. The smallest absolute Gasteiger partial charge is 0.264 e. The van der Waals surface area contributed by atoms with Gasteiger partial charge in [-0.2, -0.15) is 0 Å². The Morgan fingerprint density at radius 3 is 2.85 bits per heavy atom. The molecule has 2 N–H and O–H groups in total. The average Bonchev–Trinajstić information content (AvgIpc) is 3.41. The van der Waals surface area contributed by atoms with Gasteiger partial charge in [0.05, 0.1) is 16.5 Å². The lowest BCUT2D eigenvalue weighted by atomic mass is 10.0. The molecule has 5 rings (SSSR count). The van der Waals surface area contributed by atoms with Gasteiger partial charge in [-0.15, -0.1) is 11.3 Å². The Kier molecular flexibility index (Phi) is 6.51. The van der Waals surface area contributed by atoms with Gasteiger partial charge in [-0.3, -0.25) is 9.78 Å². The van der Waals surface area contributed by atoms with Crippen molar-refractivity contribution in [3.05, 3.63) is 45.9 Å². The number of ether oxygens (including phenoxy) is 1. The molecule has 8 nitrogen and oxygen atoms in total. The Labute approximate surface area is 207 Å². The van der Waals surface area contributed by atoms with Crippen molar-refractivity contribution in [3.63, 3.8) is 0 Å². The third-order valence-corrected chi connectivity index (χ3v) is 8.15. The van der Waals surface area contributed by atoms with Gasteiger partial charge in [0.25, 0.3) is 5.91 Å². The van der Waals surface area contributed by atoms with Crippen molar-refractivity contribution >= 4 is 49.1 Å². The highest BCUT2D eigenvalue weighted by molar-refractivity contribution is 7.88. The number of pyridine rings is 1. The summed E-state index contributed by atoms with van der Waals surface area (Å²) >= 11 is 8.06. The van der Waals surface area contributed by atoms with Gasteiger partial charge in [-0.1, -0.05) is 11.6 Å². The lowest BCUT2D eigenvalue weighted by molar-refractivity contribution is -0.138. The first-order valence-corrected chi connectivity index (χ1v) is 14.2. The first-order chi connectivity index (χ1) is 16.3. The van der Waals surface area contributed by atoms with Gasteiger partial charge in [-0.25, -0.2) is 13.1 Å². The van der Waals surface area contributed by atoms with E-state index in [1.165, 1.54) is 0 Å². The number of rotatable bonds is 6. The molecular weight excluding hydrogens is 496 g/mol. The summed E-state index contributed by atoms with van der Waals surface area (Å²) in [6, 6.07) is 7.66. The van der Waals surface area contributed by atoms with E-state index in [1.807, 2.05) is 29.2 Å². The zero-order valence-corrected chi connectivity index (χ0v) is 21.0. The lowest BCUT2D eigenvalue weighted by Crippen LogP contribution is -2.50. The van der Waals surface area contributed by atoms with Crippen LogP contribution in [0.15, 0.2) is 30.5 Å². The molecular formula is C23H25ClN4O4S2. The van der Waals surface area contributed by atoms with Crippen LogP contribution in [0.4, 0.5) is 0 Å². The number of piperazine rings is 1. The molecule has 11 heteroatoms. The third kappa shape index (κ3) is 4.92. The number of fused-ring (bicyclic) bond motifs is 2. The van der Waals surface area contributed by atoms with E-state index in [0.717, 1.165) is 51.1 Å². The van der Waals surface area contributed by atoms with Crippen LogP contribution in [0.1, 0.15) is 10.4 Å². The van der Waals surface area contributed by atoms with Crippen LogP contribution in [-0.4, -0.2) is 69.3 Å². The van der Waals surface area contributed by atoms with Crippen LogP contribution in [0.5, 0.6) is 5.75 Å². The number of nitrogens with one attached hydrogen (secondary N) is 2. The molecule has 2 aliphatic heterocycles. The zero-order chi connectivity index (χ0) is 23.9. The maximum Gasteiger partial charge on any atom is 0.264 e. The van der Waals surface area contributed by atoms with E-state index in [-0.39, 0.29) is 5.91 Å². The largest absolute Gasteiger partial charge is 0.479 e. The van der Waals surface area contributed by atoms with Crippen LogP contribution in [-0.2, 0) is 27.7 Å². The summed E-state index contributed by atoms with van der Waals surface area (Å²) in [7, 11) is -3.23. The van der Waals surface area contributed by atoms with Crippen LogP contribution in [0.2, 0.25) is 5.02 Å². The van der Waals surface area contributed by atoms with E-state index in [4.69, 9.17) is 16.3 Å². The molecule has 0 bridgehead atoms. The number of nitrogens with zero attached hydrogens (tertiary/aromatic N) is 2. The lowest BCUT2D eigenvalue weighted by Gasteiger charge is -2.29. The number of sulfonamides is 1. The highest BCUT2D eigenvalue weighted by atomic mass is 35.5. The topological polar surface area (TPSA) is 101 Å². The standard InChI is InChI=1S/C23H25ClN4O4S2/c1-34(30,31)27-5-2-16-13-19-22(33-16)17(3-4-26-19)18-12-15(24)10-14-11-20(32-21(14)18)23(29)28-8-6-25-7-9-28/h3-4,10,12-13,20,25,27H,2,5-9,11H2,1H3. The van der Waals surface area contributed by atoms with Gasteiger partial charge in [0.2, 0.25) is 10.0 Å². The Bertz CT molecular complexity index is 1350. The fourth-order valence-electron chi connectivity index (χ4n) is 4.43. The summed E-state index contributed by atoms with van der Waals surface area (Å²) in [5.41, 5.74) is 3.53. The number of carbonyl (C=O) groups is 1. The van der Waals surface area contributed by atoms with Crippen molar-refractivity contribution < 1.29 is 17.9 Å². The number of amides is 1. The summed E-state index contributed by atoms with van der Waals surface area (Å²) < 4.78 is 32.5. The van der Waals surface area contributed by atoms with Crippen LogP contribution in [0, 0.1) is 0 Å². The van der Waals surface area contributed by atoms with Gasteiger partial charge < -0.3 is 15.0 Å². The fraction of sp³-hybridized carbons (Fsp3) is 0.391. The van der Waals surface area contributed by atoms with Gasteiger partial charge in [0.15, 0.2) is 6.10 Å². The summed E-state index contributed by atoms with van der Waals surface area (Å²) in [6.07, 6.45) is 3.40. The molecule has 1 aromatic carbocycles. The van der Waals surface area contributed by atoms with Crippen molar-refractivity contribution in [3.8, 4) is 16.9 Å². The van der Waals surface area contributed by atoms with Crippen molar-refractivity contribution in [2.75, 3.05) is 39.0 Å². The molecule has 3 aromatic rings. The summed E-state index contributed by atoms with van der Waals surface area (Å²) in [4.78, 5) is 20.4. The third-order valence-electron chi connectivity index (χ3n) is 5.99. The maximum atomic E-state index is 13.1. The second kappa shape index (κ2) is 9.43. The number of hydrogen-bond acceptors (Lipinski definition) is 7. The molecule has 1 atom stereocenters. The number of halogens is 1. The molecule has 1 amide bonds. The predicted molar refractivity (Wildman–Crippen MR) is 134 cm³/mol. The number of carbonyl (C=O) groups excluding carboxylic acids is 1. The van der Waals surface area contributed by atoms with E-state index < -0.39 is 16.1 Å². The van der Waals surface area contributed by atoms with Gasteiger partial charge in [-0.05, 0) is 30.7 Å². The van der Waals surface area contributed by atoms with E-state index in [2.05, 4.69) is 15.0 Å². The van der Waals surface area contributed by atoms with Gasteiger partial charge in [0.1, 0.15) is 5.75 Å². The molecule has 2 aliphatic rings. The average molecular weight is 521 g/mol. The summed E-state index contributed by atoms with van der Waals surface area (Å²) in [5, 5.41) is 3.85. The highest BCUT2D eigenvalue weighted by Crippen LogP contribution is 2.44. The molecule has 4 heterocycles. The minimum absolute atomic E-state index is 0.0106. The molecule has 0 saturated carbocycles. The minimum atomic E-state index is -3.23. The van der Waals surface area contributed by atoms with Crippen molar-refractivity contribution in [1.82, 2.24) is 19.9 Å². The monoisotopic (exact) mass is 520 g/mol. The van der Waals surface area contributed by atoms with Crippen LogP contribution < -0.4 is 14.8 Å². The fourth-order valence-corrected chi connectivity index (χ4v) is 6.29. The van der Waals surface area contributed by atoms with Crippen LogP contribution >= 0.6 is 22.9 Å². The quantitative estimate of drug-likeness (QED) is 0.518. The van der Waals surface area contributed by atoms with E-state index in [1.54, 1.807) is 17.5 Å². The predicted octanol–water partition coefficient (Wildman–Crippen LogP) is 2.44. The molecule has 34 heavy (non-hydrogen) atoms. The first kappa shape index (κ1) is 23.5. The molecule has 0 spiro atoms. The number of benzene rings is 1. The Morgan fingerprint density at radius 1 is 1.29 bits per heavy atom. The summed E-state index contributed by atoms with van der Waals surface area (Å²) in [5.74, 6) is 0.704. The van der Waals surface area contributed by atoms with Gasteiger partial charge >= 0.3 is 0 Å². The Morgan fingerprint density at radius 2 is 2.09 bits per heavy atom. The van der Waals surface area contributed by atoms with E-state index >= 15 is 0 Å². The Balaban J connectivity index is 1.45. The molecule has 1 saturated heterocycles. The normalized spacial score (nSPS) is 18.2. The van der Waals surface area contributed by atoms with Crippen molar-refractivity contribution in [1.29, 1.82) is 0 Å². The van der Waals surface area contributed by atoms with E-state index in [0.29, 0.717) is 43.2 Å². The minimum Gasteiger partial charge on any atom is -0.479 e. The zero-order valence-electron chi connectivity index (χ0n) is 18.6. The molecule has 1 unspecified atom stereocenters. The number of hydrogen-bond donors (Lipinski definition) is 2. The summed E-state index contributed by atoms with van der Waals surface area (Å²) in [6.45, 7) is 3.27. The number of thiophene rings is 1.